The van der Waals surface area contributed by atoms with Gasteiger partial charge in [0, 0.05) is 66.9 Å². The number of amides is 1. The number of fused-ring (bicyclic) bond motifs is 6. The Morgan fingerprint density at radius 2 is 0.907 bits per heavy atom. The lowest BCUT2D eigenvalue weighted by Crippen LogP contribution is -2.15. The molecule has 3 aromatic heterocycles. The molecular formula is C93H85Cl4FN6O3. The van der Waals surface area contributed by atoms with Crippen LogP contribution in [0.1, 0.15) is 66.0 Å². The van der Waals surface area contributed by atoms with Crippen LogP contribution in [0.5, 0.6) is 5.75 Å². The molecule has 540 valence electrons. The number of pyridine rings is 3. The summed E-state index contributed by atoms with van der Waals surface area (Å²) in [4.78, 5) is 24.5. The summed E-state index contributed by atoms with van der Waals surface area (Å²) in [7, 11) is 1.58. The van der Waals surface area contributed by atoms with Crippen molar-refractivity contribution in [1.29, 1.82) is 0 Å². The maximum atomic E-state index is 12.9. The van der Waals surface area contributed by atoms with E-state index in [0.717, 1.165) is 47.9 Å². The molecule has 13 aromatic carbocycles. The molecular weight excluding hydrogens is 1410 g/mol. The Labute approximate surface area is 646 Å². The lowest BCUT2D eigenvalue weighted by molar-refractivity contribution is 0.102. The third-order valence-electron chi connectivity index (χ3n) is 16.7. The number of amidine groups is 1. The van der Waals surface area contributed by atoms with Crippen LogP contribution in [0.3, 0.4) is 0 Å². The molecule has 0 saturated heterocycles. The molecule has 0 bridgehead atoms. The van der Waals surface area contributed by atoms with Gasteiger partial charge in [0.1, 0.15) is 11.6 Å². The number of anilines is 1. The molecule has 0 aliphatic rings. The molecule has 0 unspecified atom stereocenters. The molecule has 0 saturated carbocycles. The molecule has 0 fully saturated rings. The SMILES string of the molecule is COc1ccc(C)c(C(=O)Nc2ccncc2)c1.Cc1ccc(F)c(C(N)=NO)c1.Cc1ccc2cc(Cl)ccc2c1.Cc1ccc2ccc(Cl)cc2c1.Cc1cccc2cc(Cl)ccc12.Cc1cccc2ccc(Cl)cc12.Cc1ccccc1.Cc1ccnc2ccccc12.Cc1cnc2ccccc2c1. The monoisotopic (exact) mass is 1490 g/mol. The number of aromatic nitrogens is 3. The van der Waals surface area contributed by atoms with Crippen molar-refractivity contribution in [3.05, 3.63) is 397 Å². The number of halogens is 5. The Bertz CT molecular complexity index is 5520. The second-order valence-corrected chi connectivity index (χ2v) is 27.0. The molecule has 4 N–H and O–H groups in total. The highest BCUT2D eigenvalue weighted by Gasteiger charge is 2.11. The topological polar surface area (TPSA) is 136 Å². The van der Waals surface area contributed by atoms with E-state index in [9.17, 15) is 9.18 Å². The average Bonchev–Trinajstić information content (AvgIpc) is 0.586. The minimum Gasteiger partial charge on any atom is -0.497 e. The lowest BCUT2D eigenvalue weighted by Gasteiger charge is -2.09. The van der Waals surface area contributed by atoms with E-state index in [4.69, 9.17) is 62.1 Å². The average molecular weight is 1500 g/mol. The molecule has 0 aliphatic heterocycles. The number of rotatable bonds is 4. The summed E-state index contributed by atoms with van der Waals surface area (Å²) >= 11 is 23.5. The van der Waals surface area contributed by atoms with Crippen molar-refractivity contribution in [2.24, 2.45) is 10.9 Å². The van der Waals surface area contributed by atoms with Gasteiger partial charge < -0.3 is 21.0 Å². The summed E-state index contributed by atoms with van der Waals surface area (Å²) in [5, 5.41) is 29.4. The normalized spacial score (nSPS) is 10.4. The third kappa shape index (κ3) is 25.7. The maximum Gasteiger partial charge on any atom is 0.256 e. The number of benzene rings is 13. The fourth-order valence-electron chi connectivity index (χ4n) is 10.9. The van der Waals surface area contributed by atoms with Gasteiger partial charge in [0.2, 0.25) is 0 Å². The zero-order valence-corrected chi connectivity index (χ0v) is 64.5. The van der Waals surface area contributed by atoms with E-state index in [-0.39, 0.29) is 17.3 Å². The number of nitrogens with one attached hydrogen (secondary N) is 1. The number of hydrogen-bond acceptors (Lipinski definition) is 7. The van der Waals surface area contributed by atoms with Crippen LogP contribution in [0.25, 0.3) is 64.9 Å². The highest BCUT2D eigenvalue weighted by atomic mass is 35.5. The number of para-hydroxylation sites is 2. The van der Waals surface area contributed by atoms with E-state index in [1.54, 1.807) is 50.7 Å². The van der Waals surface area contributed by atoms with E-state index >= 15 is 0 Å². The summed E-state index contributed by atoms with van der Waals surface area (Å²) in [6.07, 6.45) is 7.00. The molecule has 3 heterocycles. The van der Waals surface area contributed by atoms with Crippen LogP contribution in [-0.2, 0) is 0 Å². The van der Waals surface area contributed by atoms with Crippen molar-refractivity contribution in [3.63, 3.8) is 0 Å². The number of ether oxygens (including phenoxy) is 1. The molecule has 14 heteroatoms. The molecule has 16 rings (SSSR count). The molecule has 16 aromatic rings. The van der Waals surface area contributed by atoms with Crippen LogP contribution in [0.15, 0.2) is 315 Å². The Hall–Kier alpha value is -11.5. The van der Waals surface area contributed by atoms with Crippen molar-refractivity contribution in [1.82, 2.24) is 15.0 Å². The van der Waals surface area contributed by atoms with Crippen molar-refractivity contribution < 1.29 is 19.1 Å². The first-order valence-electron chi connectivity index (χ1n) is 34.4. The molecule has 1 amide bonds. The van der Waals surface area contributed by atoms with Crippen LogP contribution in [0, 0.1) is 68.1 Å². The van der Waals surface area contributed by atoms with Gasteiger partial charge in [-0.15, -0.1) is 0 Å². The van der Waals surface area contributed by atoms with Crippen molar-refractivity contribution >= 4 is 129 Å². The van der Waals surface area contributed by atoms with E-state index in [1.165, 1.54) is 105 Å². The largest absolute Gasteiger partial charge is 0.497 e. The third-order valence-corrected chi connectivity index (χ3v) is 17.6. The summed E-state index contributed by atoms with van der Waals surface area (Å²) in [5.74, 6) is -0.190. The first-order chi connectivity index (χ1) is 51.5. The summed E-state index contributed by atoms with van der Waals surface area (Å²) in [6, 6.07) is 93.1. The summed E-state index contributed by atoms with van der Waals surface area (Å²) in [5.41, 5.74) is 19.5. The Kier molecular flexibility index (Phi) is 31.3. The van der Waals surface area contributed by atoms with Gasteiger partial charge in [-0.1, -0.05) is 250 Å². The zero-order valence-electron chi connectivity index (χ0n) is 61.5. The number of carbonyl (C=O) groups excluding carboxylic acids is 1. The maximum absolute atomic E-state index is 12.9. The quantitative estimate of drug-likeness (QED) is 0.0691. The number of methoxy groups -OCH3 is 1. The number of nitrogens with zero attached hydrogens (tertiary/aromatic N) is 4. The standard InChI is InChI=1S/C14H14N2O2.4C11H9Cl.2C10H9N.C8H9FN2O.C7H8/c1-10-3-4-12(18-2)9-13(10)14(17)16-11-5-7-15-8-6-11;1-8-2-3-10-7-11(12)5-4-9(10)6-8;1-8-2-3-9-4-5-11(12)7-10(9)6-8;1-8-3-2-4-9-7-10(12)5-6-11(8)9;1-8-3-2-4-9-5-6-10(12)7-11(8)9;1-8-6-9-4-2-3-5-10(9)11-7-8;1-8-6-7-11-10-5-3-2-4-9(8)10;1-5-2-3-7(9)6(4-5)8(10)11-12;1-7-5-3-2-4-6-7/h3-9H,1-2H3,(H,15,16,17);4*2-7H,1H3;2*2-7H,1H3;2-4,12H,1H3,(H2,10,11);2-6H,1H3. The summed E-state index contributed by atoms with van der Waals surface area (Å²) in [6.45, 7) is 18.3. The molecule has 0 radical (unpaired) electrons. The van der Waals surface area contributed by atoms with E-state index in [0.29, 0.717) is 11.3 Å². The van der Waals surface area contributed by atoms with Gasteiger partial charge in [0.05, 0.1) is 23.7 Å². The minimum absolute atomic E-state index is 0.123. The minimum atomic E-state index is -0.490. The molecule has 9 nitrogen and oxygen atoms in total. The van der Waals surface area contributed by atoms with Gasteiger partial charge in [0.25, 0.3) is 5.91 Å². The van der Waals surface area contributed by atoms with Gasteiger partial charge in [-0.25, -0.2) is 4.39 Å². The Morgan fingerprint density at radius 1 is 0.393 bits per heavy atom. The fraction of sp³-hybridized carbons (Fsp3) is 0.108. The van der Waals surface area contributed by atoms with E-state index in [2.05, 4.69) is 177 Å². The predicted octanol–water partition coefficient (Wildman–Crippen LogP) is 26.2. The van der Waals surface area contributed by atoms with Gasteiger partial charge >= 0.3 is 0 Å². The van der Waals surface area contributed by atoms with Crippen molar-refractivity contribution in [2.75, 3.05) is 12.4 Å². The van der Waals surface area contributed by atoms with E-state index in [1.807, 2.05) is 165 Å². The number of carbonyl (C=O) groups is 1. The van der Waals surface area contributed by atoms with Crippen molar-refractivity contribution in [3.8, 4) is 5.75 Å². The first-order valence-corrected chi connectivity index (χ1v) is 35.9. The highest BCUT2D eigenvalue weighted by molar-refractivity contribution is 6.32. The van der Waals surface area contributed by atoms with Gasteiger partial charge in [0.15, 0.2) is 5.84 Å². The Morgan fingerprint density at radius 3 is 1.57 bits per heavy atom. The zero-order chi connectivity index (χ0) is 76.8. The van der Waals surface area contributed by atoms with Crippen LogP contribution >= 0.6 is 46.4 Å². The Balaban J connectivity index is 0.000000153. The van der Waals surface area contributed by atoms with Gasteiger partial charge in [-0.3, -0.25) is 19.7 Å². The molecule has 0 aliphatic carbocycles. The second-order valence-electron chi connectivity index (χ2n) is 25.2. The van der Waals surface area contributed by atoms with Crippen molar-refractivity contribution in [2.45, 2.75) is 62.3 Å². The molecule has 0 atom stereocenters. The van der Waals surface area contributed by atoms with Crippen LogP contribution in [0.2, 0.25) is 20.1 Å². The molecule has 107 heavy (non-hydrogen) atoms. The second kappa shape index (κ2) is 41.3. The number of aryl methyl sites for hydroxylation is 9. The van der Waals surface area contributed by atoms with Gasteiger partial charge in [-0.05, 0) is 242 Å². The van der Waals surface area contributed by atoms with Gasteiger partial charge in [-0.2, -0.15) is 0 Å². The van der Waals surface area contributed by atoms with Crippen LogP contribution in [0.4, 0.5) is 10.1 Å². The van der Waals surface area contributed by atoms with Crippen LogP contribution < -0.4 is 15.8 Å². The lowest BCUT2D eigenvalue weighted by atomic mass is 10.1. The first kappa shape index (κ1) is 81.2. The molecule has 0 spiro atoms. The predicted molar refractivity (Wildman–Crippen MR) is 452 cm³/mol. The smallest absolute Gasteiger partial charge is 0.256 e. The van der Waals surface area contributed by atoms with Crippen LogP contribution in [-0.4, -0.2) is 39.0 Å². The number of nitrogens with two attached hydrogens (primary N) is 1. The van der Waals surface area contributed by atoms with E-state index < -0.39 is 5.82 Å². The number of hydrogen-bond donors (Lipinski definition) is 3. The highest BCUT2D eigenvalue weighted by Crippen LogP contribution is 2.26. The summed E-state index contributed by atoms with van der Waals surface area (Å²) < 4.78 is 18.1. The number of oxime groups is 1. The fourth-order valence-corrected chi connectivity index (χ4v) is 11.7.